The number of methoxy groups -OCH3 is 1. The van der Waals surface area contributed by atoms with E-state index in [4.69, 9.17) is 13.9 Å². The molecule has 3 aromatic rings. The van der Waals surface area contributed by atoms with Crippen molar-refractivity contribution in [3.8, 4) is 0 Å². The number of benzene rings is 3. The van der Waals surface area contributed by atoms with Gasteiger partial charge in [0.15, 0.2) is 16.1 Å². The average Bonchev–Trinajstić information content (AvgIpc) is 2.90. The Labute approximate surface area is 216 Å². The first-order chi connectivity index (χ1) is 17.2. The molecule has 0 unspecified atom stereocenters. The normalized spacial score (nSPS) is 21.3. The summed E-state index contributed by atoms with van der Waals surface area (Å²) in [5.74, 6) is 0. The van der Waals surface area contributed by atoms with Crippen molar-refractivity contribution in [3.63, 3.8) is 0 Å². The van der Waals surface area contributed by atoms with Crippen molar-refractivity contribution < 1.29 is 22.3 Å². The Morgan fingerprint density at radius 1 is 0.833 bits per heavy atom. The van der Waals surface area contributed by atoms with Gasteiger partial charge in [0.05, 0.1) is 22.9 Å². The van der Waals surface area contributed by atoms with Gasteiger partial charge in [-0.25, -0.2) is 8.42 Å². The van der Waals surface area contributed by atoms with Gasteiger partial charge in [-0.2, -0.15) is 0 Å². The van der Waals surface area contributed by atoms with Crippen molar-refractivity contribution in [2.45, 2.75) is 61.2 Å². The highest BCUT2D eigenvalue weighted by Gasteiger charge is 2.51. The van der Waals surface area contributed by atoms with Gasteiger partial charge in [0.25, 0.3) is 8.32 Å². The van der Waals surface area contributed by atoms with Gasteiger partial charge in [-0.15, -0.1) is 0 Å². The van der Waals surface area contributed by atoms with E-state index >= 15 is 0 Å². The zero-order valence-electron chi connectivity index (χ0n) is 21.5. The molecule has 0 bridgehead atoms. The lowest BCUT2D eigenvalue weighted by molar-refractivity contribution is -0.185. The van der Waals surface area contributed by atoms with Crippen LogP contribution in [0.1, 0.15) is 33.6 Å². The Kier molecular flexibility index (Phi) is 8.17. The number of rotatable bonds is 8. The Bertz CT molecular complexity index is 1170. The van der Waals surface area contributed by atoms with Gasteiger partial charge in [-0.3, -0.25) is 0 Å². The number of ether oxygens (including phenoxy) is 2. The minimum absolute atomic E-state index is 0.180. The van der Waals surface area contributed by atoms with Gasteiger partial charge in [-0.05, 0) is 34.0 Å². The van der Waals surface area contributed by atoms with Crippen LogP contribution in [0.25, 0.3) is 0 Å². The monoisotopic (exact) mass is 524 g/mol. The van der Waals surface area contributed by atoms with E-state index in [0.717, 1.165) is 0 Å². The van der Waals surface area contributed by atoms with Crippen LogP contribution >= 0.6 is 0 Å². The third kappa shape index (κ3) is 5.36. The van der Waals surface area contributed by atoms with Crippen molar-refractivity contribution in [2.75, 3.05) is 13.7 Å². The Morgan fingerprint density at radius 3 is 1.81 bits per heavy atom. The molecule has 0 amide bonds. The lowest BCUT2D eigenvalue weighted by Gasteiger charge is -2.44. The van der Waals surface area contributed by atoms with Crippen LogP contribution in [0.4, 0.5) is 0 Å². The molecule has 0 saturated carbocycles. The fourth-order valence-electron chi connectivity index (χ4n) is 5.22. The Hall–Kier alpha value is -2.29. The fraction of sp³-hybridized carbons (Fsp3) is 0.379. The van der Waals surface area contributed by atoms with E-state index in [1.165, 1.54) is 10.4 Å². The molecule has 1 saturated heterocycles. The molecule has 1 fully saturated rings. The summed E-state index contributed by atoms with van der Waals surface area (Å²) in [6.45, 7) is 6.96. The minimum atomic E-state index is -3.53. The van der Waals surface area contributed by atoms with E-state index in [0.29, 0.717) is 17.7 Å². The maximum absolute atomic E-state index is 13.5. The van der Waals surface area contributed by atoms with E-state index in [2.05, 4.69) is 69.3 Å². The summed E-state index contributed by atoms with van der Waals surface area (Å²) in [4.78, 5) is 0.332. The molecule has 36 heavy (non-hydrogen) atoms. The van der Waals surface area contributed by atoms with E-state index < -0.39 is 35.8 Å². The number of hydrogen-bond acceptors (Lipinski definition) is 5. The lowest BCUT2D eigenvalue weighted by atomic mass is 10.1. The van der Waals surface area contributed by atoms with E-state index in [1.54, 1.807) is 31.4 Å². The van der Waals surface area contributed by atoms with Crippen LogP contribution < -0.4 is 10.4 Å². The third-order valence-corrected chi connectivity index (χ3v) is 14.2. The van der Waals surface area contributed by atoms with Gasteiger partial charge < -0.3 is 13.9 Å². The zero-order valence-corrected chi connectivity index (χ0v) is 23.3. The van der Waals surface area contributed by atoms with Crippen molar-refractivity contribution in [1.82, 2.24) is 0 Å². The summed E-state index contributed by atoms with van der Waals surface area (Å²) in [7, 11) is -4.74. The quantitative estimate of drug-likeness (QED) is 0.405. The van der Waals surface area contributed by atoms with Crippen molar-refractivity contribution in [1.29, 1.82) is 0 Å². The smallest absolute Gasteiger partial charge is 0.261 e. The van der Waals surface area contributed by atoms with Crippen LogP contribution in [-0.2, 0) is 23.7 Å². The maximum atomic E-state index is 13.5. The first kappa shape index (κ1) is 26.8. The number of hydrogen-bond donors (Lipinski definition) is 0. The molecule has 0 spiro atoms. The fourth-order valence-corrected chi connectivity index (χ4v) is 11.6. The summed E-state index contributed by atoms with van der Waals surface area (Å²) in [5, 5.41) is 1.57. The number of sulfone groups is 1. The van der Waals surface area contributed by atoms with Gasteiger partial charge in [0.2, 0.25) is 0 Å². The highest BCUT2D eigenvalue weighted by Crippen LogP contribution is 2.38. The van der Waals surface area contributed by atoms with Gasteiger partial charge in [0, 0.05) is 13.5 Å². The summed E-state index contributed by atoms with van der Waals surface area (Å²) in [5.41, 5.74) is 0. The highest BCUT2D eigenvalue weighted by atomic mass is 32.2. The van der Waals surface area contributed by atoms with E-state index in [9.17, 15) is 8.42 Å². The molecule has 3 aromatic carbocycles. The molecule has 1 heterocycles. The molecule has 0 N–H and O–H groups in total. The lowest BCUT2D eigenvalue weighted by Crippen LogP contribution is -2.67. The molecule has 3 atom stereocenters. The first-order valence-electron chi connectivity index (χ1n) is 12.4. The van der Waals surface area contributed by atoms with Crippen LogP contribution in [0, 0.1) is 0 Å². The SMILES string of the molecule is CO[C@@H]1C[C@@H](S(=O)(=O)c2ccccc2)C[C@@H](CO[Si](c2ccccc2)(c2ccccc2)C(C)(C)C)O1. The molecule has 0 aliphatic carbocycles. The molecular formula is C29H36O5SSi. The van der Waals surface area contributed by atoms with Crippen LogP contribution in [0.2, 0.25) is 5.04 Å². The largest absolute Gasteiger partial charge is 0.405 e. The minimum Gasteiger partial charge on any atom is -0.405 e. The molecule has 1 aliphatic rings. The molecule has 0 radical (unpaired) electrons. The summed E-state index contributed by atoms with van der Waals surface area (Å²) in [6.07, 6.45) is -0.359. The van der Waals surface area contributed by atoms with Gasteiger partial charge in [-0.1, -0.05) is 99.6 Å². The molecule has 7 heteroatoms. The Balaban J connectivity index is 1.67. The summed E-state index contributed by atoms with van der Waals surface area (Å²) >= 11 is 0. The molecule has 192 valence electrons. The van der Waals surface area contributed by atoms with Crippen molar-refractivity contribution in [3.05, 3.63) is 91.0 Å². The van der Waals surface area contributed by atoms with Gasteiger partial charge in [0.1, 0.15) is 0 Å². The Morgan fingerprint density at radius 2 is 1.33 bits per heavy atom. The zero-order chi connectivity index (χ0) is 25.8. The second-order valence-corrected chi connectivity index (χ2v) is 16.9. The summed E-state index contributed by atoms with van der Waals surface area (Å²) < 4.78 is 45.6. The van der Waals surface area contributed by atoms with E-state index in [-0.39, 0.29) is 11.6 Å². The standard InChI is InChI=1S/C29H36O5SSi/c1-29(2,3)36(26-16-10-6-11-17-26,27-18-12-7-13-19-27)33-22-23-20-25(21-28(32-4)34-23)35(30,31)24-14-8-5-9-15-24/h5-19,23,25,28H,20-22H2,1-4H3/t23-,25-,28-/m0/s1. The average molecular weight is 525 g/mol. The van der Waals surface area contributed by atoms with Crippen molar-refractivity contribution >= 4 is 28.5 Å². The predicted octanol–water partition coefficient (Wildman–Crippen LogP) is 4.56. The topological polar surface area (TPSA) is 61.8 Å². The second-order valence-electron chi connectivity index (χ2n) is 10.3. The third-order valence-electron chi connectivity index (χ3n) is 7.00. The van der Waals surface area contributed by atoms with Crippen LogP contribution in [-0.4, -0.2) is 48.1 Å². The molecule has 4 rings (SSSR count). The van der Waals surface area contributed by atoms with Crippen molar-refractivity contribution in [2.24, 2.45) is 0 Å². The molecule has 5 nitrogen and oxygen atoms in total. The first-order valence-corrected chi connectivity index (χ1v) is 15.9. The maximum Gasteiger partial charge on any atom is 0.261 e. The molecular weight excluding hydrogens is 488 g/mol. The summed E-state index contributed by atoms with van der Waals surface area (Å²) in [6, 6.07) is 29.5. The van der Waals surface area contributed by atoms with Gasteiger partial charge >= 0.3 is 0 Å². The van der Waals surface area contributed by atoms with Crippen LogP contribution in [0.3, 0.4) is 0 Å². The highest BCUT2D eigenvalue weighted by molar-refractivity contribution is 7.92. The molecule has 0 aromatic heterocycles. The predicted molar refractivity (Wildman–Crippen MR) is 146 cm³/mol. The molecule has 1 aliphatic heterocycles. The van der Waals surface area contributed by atoms with Crippen LogP contribution in [0.15, 0.2) is 95.9 Å². The van der Waals surface area contributed by atoms with E-state index in [1.807, 2.05) is 18.2 Å². The van der Waals surface area contributed by atoms with Crippen LogP contribution in [0.5, 0.6) is 0 Å². The second kappa shape index (κ2) is 11.0.